The van der Waals surface area contributed by atoms with Crippen LogP contribution in [0.15, 0.2) is 24.3 Å². The maximum atomic E-state index is 12.6. The molecule has 2 atom stereocenters. The standard InChI is InChI=1S/C17H19F3O4S/c18-17(19,20)24-16-7-2-1-4-11(16)10-15(21)12-8-13-5-3-6-14(9-12)25(13,22)23/h1-2,4,7,12-14H,3,5-6,8-10H2. The molecule has 138 valence electrons. The smallest absolute Gasteiger partial charge is 0.405 e. The first-order valence-corrected chi connectivity index (χ1v) is 9.87. The van der Waals surface area contributed by atoms with E-state index in [2.05, 4.69) is 4.74 Å². The summed E-state index contributed by atoms with van der Waals surface area (Å²) in [5.74, 6) is -1.02. The number of Topliss-reactive ketones (excluding diaryl/α,β-unsaturated/α-hetero) is 1. The first kappa shape index (κ1) is 18.2. The highest BCUT2D eigenvalue weighted by Crippen LogP contribution is 2.40. The van der Waals surface area contributed by atoms with Crippen molar-refractivity contribution in [3.8, 4) is 5.75 Å². The average Bonchev–Trinajstić information content (AvgIpc) is 2.46. The fraction of sp³-hybridized carbons (Fsp3) is 0.588. The van der Waals surface area contributed by atoms with Crippen LogP contribution in [0, 0.1) is 5.92 Å². The van der Waals surface area contributed by atoms with E-state index in [0.717, 1.165) is 6.42 Å². The zero-order valence-electron chi connectivity index (χ0n) is 13.5. The van der Waals surface area contributed by atoms with Gasteiger partial charge in [-0.2, -0.15) is 0 Å². The second kappa shape index (κ2) is 6.63. The van der Waals surface area contributed by atoms with Crippen LogP contribution in [0.1, 0.15) is 37.7 Å². The Hall–Kier alpha value is -1.57. The van der Waals surface area contributed by atoms with E-state index in [1.165, 1.54) is 18.2 Å². The molecule has 8 heteroatoms. The van der Waals surface area contributed by atoms with E-state index in [0.29, 0.717) is 12.8 Å². The summed E-state index contributed by atoms with van der Waals surface area (Å²) in [4.78, 5) is 12.6. The highest BCUT2D eigenvalue weighted by molar-refractivity contribution is 7.92. The molecule has 2 aliphatic heterocycles. The van der Waals surface area contributed by atoms with Gasteiger partial charge < -0.3 is 4.74 Å². The zero-order valence-corrected chi connectivity index (χ0v) is 14.3. The van der Waals surface area contributed by atoms with Crippen molar-refractivity contribution < 1.29 is 31.1 Å². The first-order valence-electron chi connectivity index (χ1n) is 8.26. The maximum Gasteiger partial charge on any atom is 0.573 e. The van der Waals surface area contributed by atoms with Gasteiger partial charge in [0.2, 0.25) is 0 Å². The second-order valence-corrected chi connectivity index (χ2v) is 9.24. The number of carbonyl (C=O) groups is 1. The van der Waals surface area contributed by atoms with Gasteiger partial charge in [0, 0.05) is 17.9 Å². The molecule has 1 aromatic carbocycles. The van der Waals surface area contributed by atoms with Gasteiger partial charge in [0.25, 0.3) is 0 Å². The van der Waals surface area contributed by atoms with E-state index in [9.17, 15) is 26.4 Å². The molecule has 0 aliphatic carbocycles. The van der Waals surface area contributed by atoms with Crippen molar-refractivity contribution in [2.24, 2.45) is 5.92 Å². The third-order valence-corrected chi connectivity index (χ3v) is 7.81. The van der Waals surface area contributed by atoms with Gasteiger partial charge in [-0.1, -0.05) is 24.6 Å². The van der Waals surface area contributed by atoms with Crippen LogP contribution in [0.2, 0.25) is 0 Å². The number of rotatable bonds is 4. The maximum absolute atomic E-state index is 12.6. The normalized spacial score (nSPS) is 28.4. The highest BCUT2D eigenvalue weighted by atomic mass is 32.2. The van der Waals surface area contributed by atoms with Crippen LogP contribution in [0.4, 0.5) is 13.2 Å². The molecule has 4 nitrogen and oxygen atoms in total. The molecule has 3 rings (SSSR count). The van der Waals surface area contributed by atoms with Gasteiger partial charge in [-0.15, -0.1) is 13.2 Å². The molecule has 2 saturated heterocycles. The molecule has 2 bridgehead atoms. The third kappa shape index (κ3) is 3.99. The molecule has 2 aliphatic rings. The molecule has 25 heavy (non-hydrogen) atoms. The number of ether oxygens (including phenoxy) is 1. The number of fused-ring (bicyclic) bond motifs is 2. The molecule has 0 aromatic heterocycles. The van der Waals surface area contributed by atoms with Crippen LogP contribution in [0.3, 0.4) is 0 Å². The summed E-state index contributed by atoms with van der Waals surface area (Å²) in [6.45, 7) is 0. The average molecular weight is 376 g/mol. The number of sulfone groups is 1. The Morgan fingerprint density at radius 2 is 1.72 bits per heavy atom. The number of hydrogen-bond donors (Lipinski definition) is 0. The van der Waals surface area contributed by atoms with Crippen LogP contribution >= 0.6 is 0 Å². The van der Waals surface area contributed by atoms with Crippen molar-refractivity contribution in [2.45, 2.75) is 55.4 Å². The molecule has 0 amide bonds. The molecular formula is C17H19F3O4S. The molecule has 0 N–H and O–H groups in total. The van der Waals surface area contributed by atoms with Crippen LogP contribution in [0.25, 0.3) is 0 Å². The highest BCUT2D eigenvalue weighted by Gasteiger charge is 2.45. The van der Waals surface area contributed by atoms with Gasteiger partial charge in [-0.05, 0) is 31.7 Å². The van der Waals surface area contributed by atoms with Crippen molar-refractivity contribution in [3.63, 3.8) is 0 Å². The molecule has 0 radical (unpaired) electrons. The zero-order chi connectivity index (χ0) is 18.2. The summed E-state index contributed by atoms with van der Waals surface area (Å²) < 4.78 is 66.0. The summed E-state index contributed by atoms with van der Waals surface area (Å²) in [5, 5.41) is -0.980. The third-order valence-electron chi connectivity index (χ3n) is 5.09. The molecule has 0 saturated carbocycles. The van der Waals surface area contributed by atoms with Crippen molar-refractivity contribution in [1.82, 2.24) is 0 Å². The fourth-order valence-corrected chi connectivity index (χ4v) is 6.41. The molecule has 0 spiro atoms. The lowest BCUT2D eigenvalue weighted by Gasteiger charge is -2.38. The SMILES string of the molecule is O=C(Cc1ccccc1OC(F)(F)F)C1CC2CCCC(C1)S2(=O)=O. The Kier molecular flexibility index (Phi) is 4.83. The van der Waals surface area contributed by atoms with Crippen molar-refractivity contribution in [1.29, 1.82) is 0 Å². The predicted molar refractivity (Wildman–Crippen MR) is 84.9 cm³/mol. The lowest BCUT2D eigenvalue weighted by atomic mass is 9.84. The van der Waals surface area contributed by atoms with Crippen LogP contribution in [-0.2, 0) is 21.1 Å². The number of alkyl halides is 3. The molecule has 1 aromatic rings. The lowest BCUT2D eigenvalue weighted by molar-refractivity contribution is -0.274. The van der Waals surface area contributed by atoms with Gasteiger partial charge in [0.1, 0.15) is 11.5 Å². The minimum atomic E-state index is -4.82. The summed E-state index contributed by atoms with van der Waals surface area (Å²) in [7, 11) is -3.16. The topological polar surface area (TPSA) is 60.4 Å². The minimum Gasteiger partial charge on any atom is -0.405 e. The molecule has 2 fully saturated rings. The number of ketones is 1. The van der Waals surface area contributed by atoms with Gasteiger partial charge in [0.15, 0.2) is 9.84 Å². The van der Waals surface area contributed by atoms with Crippen LogP contribution in [-0.4, -0.2) is 31.1 Å². The number of halogens is 3. The van der Waals surface area contributed by atoms with Gasteiger partial charge >= 0.3 is 6.36 Å². The van der Waals surface area contributed by atoms with E-state index in [1.807, 2.05) is 0 Å². The van der Waals surface area contributed by atoms with Crippen molar-refractivity contribution in [2.75, 3.05) is 0 Å². The lowest BCUT2D eigenvalue weighted by Crippen LogP contribution is -2.45. The van der Waals surface area contributed by atoms with E-state index in [1.54, 1.807) is 6.07 Å². The first-order chi connectivity index (χ1) is 11.7. The Balaban J connectivity index is 1.74. The molecular weight excluding hydrogens is 357 g/mol. The number of para-hydroxylation sites is 1. The van der Waals surface area contributed by atoms with Crippen molar-refractivity contribution in [3.05, 3.63) is 29.8 Å². The number of benzene rings is 1. The van der Waals surface area contributed by atoms with Crippen LogP contribution < -0.4 is 4.74 Å². The minimum absolute atomic E-state index is 0.170. The monoisotopic (exact) mass is 376 g/mol. The van der Waals surface area contributed by atoms with Crippen molar-refractivity contribution >= 4 is 15.6 Å². The van der Waals surface area contributed by atoms with E-state index in [-0.39, 0.29) is 36.4 Å². The van der Waals surface area contributed by atoms with Gasteiger partial charge in [0.05, 0.1) is 10.5 Å². The Morgan fingerprint density at radius 3 is 2.32 bits per heavy atom. The summed E-state index contributed by atoms with van der Waals surface area (Å²) in [6, 6.07) is 5.56. The summed E-state index contributed by atoms with van der Waals surface area (Å²) in [6.07, 6.45) is -2.48. The Morgan fingerprint density at radius 1 is 1.12 bits per heavy atom. The van der Waals surface area contributed by atoms with E-state index >= 15 is 0 Å². The Labute approximate surface area is 144 Å². The number of hydrogen-bond acceptors (Lipinski definition) is 4. The Bertz CT molecular complexity index is 737. The van der Waals surface area contributed by atoms with Gasteiger partial charge in [-0.3, -0.25) is 4.79 Å². The summed E-state index contributed by atoms with van der Waals surface area (Å²) in [5.41, 5.74) is 0.170. The summed E-state index contributed by atoms with van der Waals surface area (Å²) >= 11 is 0. The molecule has 2 heterocycles. The molecule has 2 unspecified atom stereocenters. The van der Waals surface area contributed by atoms with Gasteiger partial charge in [-0.25, -0.2) is 8.42 Å². The largest absolute Gasteiger partial charge is 0.573 e. The van der Waals surface area contributed by atoms with Crippen LogP contribution in [0.5, 0.6) is 5.75 Å². The number of carbonyl (C=O) groups excluding carboxylic acids is 1. The van der Waals surface area contributed by atoms with E-state index < -0.39 is 32.6 Å². The second-order valence-electron chi connectivity index (χ2n) is 6.73. The fourth-order valence-electron chi connectivity index (χ4n) is 3.88. The van der Waals surface area contributed by atoms with E-state index in [4.69, 9.17) is 0 Å². The quantitative estimate of drug-likeness (QED) is 0.808. The predicted octanol–water partition coefficient (Wildman–Crippen LogP) is 3.44.